The van der Waals surface area contributed by atoms with Crippen LogP contribution < -0.4 is 16.2 Å². The number of rotatable bonds is 3. The van der Waals surface area contributed by atoms with Gasteiger partial charge in [0.2, 0.25) is 5.91 Å². The van der Waals surface area contributed by atoms with Gasteiger partial charge in [-0.25, -0.2) is 9.78 Å². The largest absolute Gasteiger partial charge is 0.453 e. The van der Waals surface area contributed by atoms with Gasteiger partial charge in [-0.1, -0.05) is 43.1 Å². The second kappa shape index (κ2) is 11.9. The highest BCUT2D eigenvalue weighted by atomic mass is 35.5. The van der Waals surface area contributed by atoms with Crippen molar-refractivity contribution in [2.45, 2.75) is 39.2 Å². The monoisotopic (exact) mass is 571 g/mol. The number of ether oxygens (including phenoxy) is 1. The van der Waals surface area contributed by atoms with Gasteiger partial charge in [0.05, 0.1) is 36.6 Å². The first-order valence-electron chi connectivity index (χ1n) is 13.3. The van der Waals surface area contributed by atoms with E-state index in [1.165, 1.54) is 13.2 Å². The lowest BCUT2D eigenvalue weighted by atomic mass is 9.95. The van der Waals surface area contributed by atoms with Crippen LogP contribution in [-0.4, -0.2) is 33.6 Å². The number of nitrogens with zero attached hydrogens (tertiary/aromatic N) is 3. The van der Waals surface area contributed by atoms with E-state index < -0.39 is 6.09 Å². The van der Waals surface area contributed by atoms with Gasteiger partial charge in [0.25, 0.3) is 5.56 Å². The van der Waals surface area contributed by atoms with E-state index in [0.29, 0.717) is 47.0 Å². The highest BCUT2D eigenvalue weighted by molar-refractivity contribution is 6.31. The fraction of sp³-hybridized carbons (Fsp3) is 0.258. The molecule has 2 unspecified atom stereocenters. The van der Waals surface area contributed by atoms with Crippen LogP contribution in [0.25, 0.3) is 22.4 Å². The van der Waals surface area contributed by atoms with E-state index in [1.54, 1.807) is 35.3 Å². The molecular formula is C31H30ClN5O4. The van der Waals surface area contributed by atoms with Gasteiger partial charge >= 0.3 is 6.09 Å². The molecule has 0 spiro atoms. The summed E-state index contributed by atoms with van der Waals surface area (Å²) in [6, 6.07) is 15.7. The average Bonchev–Trinajstić information content (AvgIpc) is 2.96. The second-order valence-corrected chi connectivity index (χ2v) is 10.5. The summed E-state index contributed by atoms with van der Waals surface area (Å²) in [5, 5.41) is 6.28. The van der Waals surface area contributed by atoms with E-state index in [2.05, 4.69) is 20.6 Å². The number of nitrogens with one attached hydrogen (secondary N) is 2. The molecule has 41 heavy (non-hydrogen) atoms. The Balaban J connectivity index is 1.58. The molecule has 3 heterocycles. The molecule has 2 aromatic carbocycles. The lowest BCUT2D eigenvalue weighted by Gasteiger charge is -2.23. The van der Waals surface area contributed by atoms with Crippen LogP contribution in [-0.2, 0) is 9.53 Å². The van der Waals surface area contributed by atoms with Gasteiger partial charge < -0.3 is 10.1 Å². The molecule has 1 aliphatic rings. The van der Waals surface area contributed by atoms with E-state index in [9.17, 15) is 14.4 Å². The van der Waals surface area contributed by atoms with Crippen LogP contribution in [0.3, 0.4) is 0 Å². The lowest BCUT2D eigenvalue weighted by Crippen LogP contribution is -2.27. The summed E-state index contributed by atoms with van der Waals surface area (Å²) in [6.07, 6.45) is 4.55. The maximum atomic E-state index is 13.5. The number of amides is 2. The minimum Gasteiger partial charge on any atom is -0.453 e. The van der Waals surface area contributed by atoms with E-state index in [0.717, 1.165) is 22.3 Å². The maximum Gasteiger partial charge on any atom is 0.411 e. The summed E-state index contributed by atoms with van der Waals surface area (Å²) >= 11 is 6.31. The molecule has 4 aromatic rings. The smallest absolute Gasteiger partial charge is 0.411 e. The molecule has 2 atom stereocenters. The number of methoxy groups -OCH3 is 1. The van der Waals surface area contributed by atoms with Crippen LogP contribution in [0, 0.1) is 12.8 Å². The number of fused-ring (bicyclic) bond motifs is 4. The Kier molecular flexibility index (Phi) is 8.16. The molecule has 0 saturated carbocycles. The lowest BCUT2D eigenvalue weighted by molar-refractivity contribution is -0.119. The molecule has 2 amide bonds. The first-order chi connectivity index (χ1) is 19.7. The van der Waals surface area contributed by atoms with E-state index in [4.69, 9.17) is 16.3 Å². The van der Waals surface area contributed by atoms with Crippen molar-refractivity contribution in [1.29, 1.82) is 0 Å². The predicted molar refractivity (Wildman–Crippen MR) is 159 cm³/mol. The zero-order valence-electron chi connectivity index (χ0n) is 23.0. The summed E-state index contributed by atoms with van der Waals surface area (Å²) in [6.45, 7) is 3.77. The molecule has 0 aliphatic carbocycles. The number of carbonyl (C=O) groups is 2. The van der Waals surface area contributed by atoms with Gasteiger partial charge in [-0.2, -0.15) is 0 Å². The van der Waals surface area contributed by atoms with Gasteiger partial charge in [-0.3, -0.25) is 24.5 Å². The Morgan fingerprint density at radius 1 is 1.07 bits per heavy atom. The van der Waals surface area contributed by atoms with Crippen LogP contribution in [0.5, 0.6) is 0 Å². The number of pyridine rings is 1. The molecule has 5 rings (SSSR count). The number of carbonyl (C=O) groups excluding carboxylic acids is 2. The Hall–Kier alpha value is -4.50. The van der Waals surface area contributed by atoms with Crippen molar-refractivity contribution in [2.24, 2.45) is 5.92 Å². The van der Waals surface area contributed by atoms with Crippen molar-refractivity contribution in [3.05, 3.63) is 93.8 Å². The Morgan fingerprint density at radius 2 is 1.90 bits per heavy atom. The number of anilines is 2. The summed E-state index contributed by atoms with van der Waals surface area (Å²) < 4.78 is 6.31. The van der Waals surface area contributed by atoms with Crippen molar-refractivity contribution in [3.63, 3.8) is 0 Å². The number of benzene rings is 2. The van der Waals surface area contributed by atoms with E-state index in [-0.39, 0.29) is 23.4 Å². The zero-order chi connectivity index (χ0) is 29.1. The van der Waals surface area contributed by atoms with Gasteiger partial charge in [0.15, 0.2) is 0 Å². The standard InChI is InChI=1S/C31H30ClN5O4/c1-18-6-4-9-28(37-17-34-25(16-29(37)38)22-7-5-8-24(32)19(22)2)27-14-20(12-13-33-27)23-11-10-21(35-31(40)41-3)15-26(23)36-30(18)39/h5,7-8,10-18,28H,4,6,9H2,1-3H3,(H,35,40)(H,36,39). The van der Waals surface area contributed by atoms with Gasteiger partial charge in [-0.15, -0.1) is 0 Å². The Bertz CT molecular complexity index is 1690. The third kappa shape index (κ3) is 6.00. The van der Waals surface area contributed by atoms with Crippen LogP contribution in [0.2, 0.25) is 5.02 Å². The fourth-order valence-corrected chi connectivity index (χ4v) is 5.23. The minimum atomic E-state index is -0.609. The Morgan fingerprint density at radius 3 is 2.68 bits per heavy atom. The minimum absolute atomic E-state index is 0.132. The third-order valence-electron chi connectivity index (χ3n) is 7.42. The molecule has 2 N–H and O–H groups in total. The number of aromatic nitrogens is 3. The maximum absolute atomic E-state index is 13.5. The first kappa shape index (κ1) is 28.0. The van der Waals surface area contributed by atoms with Crippen LogP contribution >= 0.6 is 11.6 Å². The molecule has 2 aromatic heterocycles. The van der Waals surface area contributed by atoms with Crippen LogP contribution in [0.1, 0.15) is 43.5 Å². The SMILES string of the molecule is COC(=O)Nc1ccc2c(c1)NC(=O)C(C)CCCC(n1cnc(-c3cccc(Cl)c3C)cc1=O)c1cc-2ccn1. The molecule has 0 fully saturated rings. The summed E-state index contributed by atoms with van der Waals surface area (Å²) in [5.41, 5.74) is 5.30. The highest BCUT2D eigenvalue weighted by Crippen LogP contribution is 2.35. The summed E-state index contributed by atoms with van der Waals surface area (Å²) in [5.74, 6) is -0.414. The quantitative estimate of drug-likeness (QED) is 0.291. The van der Waals surface area contributed by atoms with Crippen molar-refractivity contribution >= 4 is 35.0 Å². The van der Waals surface area contributed by atoms with Gasteiger partial charge in [-0.05, 0) is 61.2 Å². The first-order valence-corrected chi connectivity index (χ1v) is 13.7. The number of hydrogen-bond acceptors (Lipinski definition) is 6. The predicted octanol–water partition coefficient (Wildman–Crippen LogP) is 6.46. The van der Waals surface area contributed by atoms with Crippen LogP contribution in [0.15, 0.2) is 71.9 Å². The van der Waals surface area contributed by atoms with Crippen molar-refractivity contribution in [1.82, 2.24) is 14.5 Å². The molecule has 1 aliphatic heterocycles. The molecule has 2 bridgehead atoms. The average molecular weight is 572 g/mol. The topological polar surface area (TPSA) is 115 Å². The fourth-order valence-electron chi connectivity index (χ4n) is 5.05. The molecule has 0 saturated heterocycles. The van der Waals surface area contributed by atoms with Crippen molar-refractivity contribution < 1.29 is 14.3 Å². The highest BCUT2D eigenvalue weighted by Gasteiger charge is 2.23. The number of hydrogen-bond donors (Lipinski definition) is 2. The van der Waals surface area contributed by atoms with Crippen LogP contribution in [0.4, 0.5) is 16.2 Å². The number of halogens is 1. The van der Waals surface area contributed by atoms with E-state index in [1.807, 2.05) is 44.2 Å². The zero-order valence-corrected chi connectivity index (χ0v) is 23.7. The summed E-state index contributed by atoms with van der Waals surface area (Å²) in [7, 11) is 1.29. The third-order valence-corrected chi connectivity index (χ3v) is 7.83. The Labute approximate surface area is 242 Å². The van der Waals surface area contributed by atoms with Crippen molar-refractivity contribution in [3.8, 4) is 22.4 Å². The molecule has 210 valence electrons. The second-order valence-electron chi connectivity index (χ2n) is 10.1. The van der Waals surface area contributed by atoms with Crippen molar-refractivity contribution in [2.75, 3.05) is 17.7 Å². The normalized spacial score (nSPS) is 16.9. The van der Waals surface area contributed by atoms with Gasteiger partial charge in [0, 0.05) is 40.0 Å². The summed E-state index contributed by atoms with van der Waals surface area (Å²) in [4.78, 5) is 47.7. The van der Waals surface area contributed by atoms with E-state index >= 15 is 0 Å². The van der Waals surface area contributed by atoms with Gasteiger partial charge in [0.1, 0.15) is 0 Å². The molecule has 10 heteroatoms. The molecular weight excluding hydrogens is 542 g/mol. The molecule has 0 radical (unpaired) electrons. The molecule has 9 nitrogen and oxygen atoms in total.